The summed E-state index contributed by atoms with van der Waals surface area (Å²) in [6.07, 6.45) is 6.09. The second-order valence-electron chi connectivity index (χ2n) is 4.42. The topological polar surface area (TPSA) is 70.1 Å². The minimum atomic E-state index is -0.332. The minimum absolute atomic E-state index is 0.332. The summed E-state index contributed by atoms with van der Waals surface area (Å²) >= 11 is 0. The van der Waals surface area contributed by atoms with Crippen molar-refractivity contribution >= 4 is 11.7 Å². The number of aryl methyl sites for hydroxylation is 2. The van der Waals surface area contributed by atoms with Crippen molar-refractivity contribution in [2.45, 2.75) is 19.9 Å². The van der Waals surface area contributed by atoms with Gasteiger partial charge in [0.1, 0.15) is 0 Å². The van der Waals surface area contributed by atoms with E-state index in [1.807, 2.05) is 23.8 Å². The molecule has 100 valence electrons. The van der Waals surface area contributed by atoms with Crippen molar-refractivity contribution in [3.63, 3.8) is 0 Å². The number of hydrogen-bond acceptors (Lipinski definition) is 4. The molecule has 19 heavy (non-hydrogen) atoms. The van der Waals surface area contributed by atoms with Gasteiger partial charge in [-0.3, -0.25) is 0 Å². The van der Waals surface area contributed by atoms with Crippen LogP contribution >= 0.6 is 0 Å². The predicted molar refractivity (Wildman–Crippen MR) is 72.7 cm³/mol. The van der Waals surface area contributed by atoms with Crippen LogP contribution in [-0.2, 0) is 11.3 Å². The van der Waals surface area contributed by atoms with Crippen LogP contribution in [0.25, 0.3) is 0 Å². The number of anilines is 1. The van der Waals surface area contributed by atoms with E-state index < -0.39 is 0 Å². The Morgan fingerprint density at radius 2 is 2.26 bits per heavy atom. The van der Waals surface area contributed by atoms with Crippen LogP contribution in [0.3, 0.4) is 0 Å². The number of nitrogen functional groups attached to an aromatic ring is 1. The van der Waals surface area contributed by atoms with Gasteiger partial charge in [-0.25, -0.2) is 9.78 Å². The molecular weight excluding hydrogens is 242 g/mol. The smallest absolute Gasteiger partial charge is 0.338 e. The number of imidazole rings is 1. The highest BCUT2D eigenvalue weighted by Gasteiger charge is 2.08. The molecule has 1 aromatic carbocycles. The first-order chi connectivity index (χ1) is 9.15. The van der Waals surface area contributed by atoms with Crippen molar-refractivity contribution in [3.05, 3.63) is 48.0 Å². The fraction of sp³-hybridized carbons (Fsp3) is 0.286. The lowest BCUT2D eigenvalue weighted by Crippen LogP contribution is -2.09. The summed E-state index contributed by atoms with van der Waals surface area (Å²) in [5.41, 5.74) is 7.72. The van der Waals surface area contributed by atoms with E-state index in [1.165, 1.54) is 0 Å². The van der Waals surface area contributed by atoms with Gasteiger partial charge in [0.25, 0.3) is 0 Å². The molecule has 0 fully saturated rings. The number of nitrogens with zero attached hydrogens (tertiary/aromatic N) is 2. The Kier molecular flexibility index (Phi) is 4.18. The van der Waals surface area contributed by atoms with E-state index in [0.717, 1.165) is 18.5 Å². The molecule has 2 rings (SSSR count). The van der Waals surface area contributed by atoms with Crippen molar-refractivity contribution in [2.75, 3.05) is 12.3 Å². The summed E-state index contributed by atoms with van der Waals surface area (Å²) in [6.45, 7) is 3.06. The first-order valence-corrected chi connectivity index (χ1v) is 6.15. The molecule has 0 aliphatic rings. The third-order valence-corrected chi connectivity index (χ3v) is 2.69. The molecule has 0 aliphatic heterocycles. The largest absolute Gasteiger partial charge is 0.462 e. The zero-order valence-corrected chi connectivity index (χ0v) is 10.9. The maximum atomic E-state index is 11.8. The van der Waals surface area contributed by atoms with Crippen molar-refractivity contribution in [3.8, 4) is 0 Å². The zero-order chi connectivity index (χ0) is 13.7. The average Bonchev–Trinajstić information content (AvgIpc) is 2.86. The fourth-order valence-electron chi connectivity index (χ4n) is 1.84. The molecular formula is C14H17N3O2. The third-order valence-electron chi connectivity index (χ3n) is 2.69. The predicted octanol–water partition coefficient (Wildman–Crippen LogP) is 2.02. The highest BCUT2D eigenvalue weighted by molar-refractivity contribution is 5.90. The van der Waals surface area contributed by atoms with Gasteiger partial charge >= 0.3 is 5.97 Å². The molecule has 2 N–H and O–H groups in total. The number of rotatable bonds is 5. The molecule has 5 nitrogen and oxygen atoms in total. The van der Waals surface area contributed by atoms with Crippen LogP contribution in [-0.4, -0.2) is 22.1 Å². The lowest BCUT2D eigenvalue weighted by atomic mass is 10.1. The normalized spacial score (nSPS) is 10.4. The van der Waals surface area contributed by atoms with Gasteiger partial charge in [-0.15, -0.1) is 0 Å². The Labute approximate surface area is 112 Å². The molecule has 0 atom stereocenters. The number of carbonyl (C=O) groups is 1. The summed E-state index contributed by atoms with van der Waals surface area (Å²) < 4.78 is 7.15. The van der Waals surface area contributed by atoms with Crippen molar-refractivity contribution in [2.24, 2.45) is 0 Å². The Bertz CT molecular complexity index is 530. The van der Waals surface area contributed by atoms with Gasteiger partial charge in [-0.2, -0.15) is 0 Å². The maximum absolute atomic E-state index is 11.8. The highest BCUT2D eigenvalue weighted by Crippen LogP contribution is 2.12. The van der Waals surface area contributed by atoms with E-state index in [4.69, 9.17) is 10.5 Å². The van der Waals surface area contributed by atoms with E-state index in [1.54, 1.807) is 24.7 Å². The average molecular weight is 259 g/mol. The summed E-state index contributed by atoms with van der Waals surface area (Å²) in [4.78, 5) is 15.8. The lowest BCUT2D eigenvalue weighted by Gasteiger charge is -2.07. The van der Waals surface area contributed by atoms with Crippen LogP contribution < -0.4 is 5.73 Å². The molecule has 0 bridgehead atoms. The van der Waals surface area contributed by atoms with Crippen molar-refractivity contribution in [1.29, 1.82) is 0 Å². The number of hydrogen-bond donors (Lipinski definition) is 1. The van der Waals surface area contributed by atoms with Gasteiger partial charge in [0, 0.05) is 24.6 Å². The quantitative estimate of drug-likeness (QED) is 0.506. The van der Waals surface area contributed by atoms with Crippen LogP contribution in [0, 0.1) is 6.92 Å². The van der Waals surface area contributed by atoms with Crippen molar-refractivity contribution < 1.29 is 9.53 Å². The summed E-state index contributed by atoms with van der Waals surface area (Å²) in [6, 6.07) is 5.22. The van der Waals surface area contributed by atoms with E-state index >= 15 is 0 Å². The SMILES string of the molecule is Cc1cc(N)cc(C(=O)OCCCn2ccnc2)c1. The minimum Gasteiger partial charge on any atom is -0.462 e. The molecule has 0 unspecified atom stereocenters. The Morgan fingerprint density at radius 3 is 2.95 bits per heavy atom. The molecule has 1 aromatic heterocycles. The van der Waals surface area contributed by atoms with E-state index in [9.17, 15) is 4.79 Å². The van der Waals surface area contributed by atoms with Gasteiger partial charge in [0.2, 0.25) is 0 Å². The van der Waals surface area contributed by atoms with Crippen LogP contribution in [0.15, 0.2) is 36.9 Å². The standard InChI is InChI=1S/C14H17N3O2/c1-11-7-12(9-13(15)8-11)14(18)19-6-2-4-17-5-3-16-10-17/h3,5,7-10H,2,4,6,15H2,1H3. The van der Waals surface area contributed by atoms with Crippen LogP contribution in [0.2, 0.25) is 0 Å². The molecule has 0 aliphatic carbocycles. The number of carbonyl (C=O) groups excluding carboxylic acids is 1. The number of esters is 1. The zero-order valence-electron chi connectivity index (χ0n) is 10.9. The molecule has 0 saturated carbocycles. The van der Waals surface area contributed by atoms with Crippen LogP contribution in [0.5, 0.6) is 0 Å². The lowest BCUT2D eigenvalue weighted by molar-refractivity contribution is 0.0496. The van der Waals surface area contributed by atoms with E-state index in [2.05, 4.69) is 4.98 Å². The maximum Gasteiger partial charge on any atom is 0.338 e. The van der Waals surface area contributed by atoms with Gasteiger partial charge in [-0.05, 0) is 37.1 Å². The Morgan fingerprint density at radius 1 is 1.42 bits per heavy atom. The first kappa shape index (κ1) is 13.1. The van der Waals surface area contributed by atoms with Crippen LogP contribution in [0.1, 0.15) is 22.3 Å². The molecule has 0 spiro atoms. The summed E-state index contributed by atoms with van der Waals surface area (Å²) in [5.74, 6) is -0.332. The van der Waals surface area contributed by atoms with Gasteiger partial charge in [-0.1, -0.05) is 0 Å². The number of ether oxygens (including phenoxy) is 1. The second kappa shape index (κ2) is 6.04. The second-order valence-corrected chi connectivity index (χ2v) is 4.42. The highest BCUT2D eigenvalue weighted by atomic mass is 16.5. The first-order valence-electron chi connectivity index (χ1n) is 6.15. The summed E-state index contributed by atoms with van der Waals surface area (Å²) in [5, 5.41) is 0. The van der Waals surface area contributed by atoms with E-state index in [0.29, 0.717) is 17.9 Å². The molecule has 0 amide bonds. The molecule has 5 heteroatoms. The molecule has 2 aromatic rings. The summed E-state index contributed by atoms with van der Waals surface area (Å²) in [7, 11) is 0. The molecule has 0 saturated heterocycles. The monoisotopic (exact) mass is 259 g/mol. The van der Waals surface area contributed by atoms with E-state index in [-0.39, 0.29) is 5.97 Å². The number of aromatic nitrogens is 2. The Hall–Kier alpha value is -2.30. The molecule has 1 heterocycles. The molecule has 0 radical (unpaired) electrons. The van der Waals surface area contributed by atoms with Crippen LogP contribution in [0.4, 0.5) is 5.69 Å². The number of benzene rings is 1. The Balaban J connectivity index is 1.80. The van der Waals surface area contributed by atoms with Gasteiger partial charge < -0.3 is 15.0 Å². The number of nitrogens with two attached hydrogens (primary N) is 1. The fourth-order valence-corrected chi connectivity index (χ4v) is 1.84. The third kappa shape index (κ3) is 3.84. The van der Waals surface area contributed by atoms with Gasteiger partial charge in [0.15, 0.2) is 0 Å². The van der Waals surface area contributed by atoms with Crippen molar-refractivity contribution in [1.82, 2.24) is 9.55 Å². The van der Waals surface area contributed by atoms with Gasteiger partial charge in [0.05, 0.1) is 18.5 Å².